The van der Waals surface area contributed by atoms with Gasteiger partial charge in [0.1, 0.15) is 0 Å². The molecule has 0 saturated heterocycles. The Bertz CT molecular complexity index is 317. The van der Waals surface area contributed by atoms with Crippen LogP contribution in [0.25, 0.3) is 0 Å². The first kappa shape index (κ1) is 13.4. The second kappa shape index (κ2) is 6.80. The number of aryl methyl sites for hydroxylation is 1. The number of anilines is 1. The van der Waals surface area contributed by atoms with Gasteiger partial charge >= 0.3 is 0 Å². The summed E-state index contributed by atoms with van der Waals surface area (Å²) in [4.78, 5) is 0. The third kappa shape index (κ3) is 4.05. The minimum absolute atomic E-state index is 0.576. The average Bonchev–Trinajstić information content (AvgIpc) is 2.24. The van der Waals surface area contributed by atoms with Crippen LogP contribution in [0.1, 0.15) is 45.1 Å². The van der Waals surface area contributed by atoms with Crippen molar-refractivity contribution >= 4 is 17.3 Å². The molecule has 1 nitrogen and oxygen atoms in total. The summed E-state index contributed by atoms with van der Waals surface area (Å²) in [5, 5.41) is 4.41. The molecule has 90 valence electrons. The van der Waals surface area contributed by atoms with Crippen LogP contribution in [0.2, 0.25) is 5.02 Å². The first-order valence-corrected chi connectivity index (χ1v) is 6.57. The van der Waals surface area contributed by atoms with Crippen LogP contribution >= 0.6 is 11.6 Å². The Kier molecular flexibility index (Phi) is 5.68. The quantitative estimate of drug-likeness (QED) is 0.734. The van der Waals surface area contributed by atoms with Gasteiger partial charge in [0.15, 0.2) is 0 Å². The van der Waals surface area contributed by atoms with Gasteiger partial charge < -0.3 is 5.32 Å². The van der Waals surface area contributed by atoms with Crippen molar-refractivity contribution in [3.63, 3.8) is 0 Å². The minimum Gasteiger partial charge on any atom is -0.382 e. The van der Waals surface area contributed by atoms with E-state index in [4.69, 9.17) is 11.6 Å². The summed E-state index contributed by atoms with van der Waals surface area (Å²) in [5.74, 6) is 0. The number of nitrogens with one attached hydrogen (secondary N) is 1. The summed E-state index contributed by atoms with van der Waals surface area (Å²) in [6.07, 6.45) is 4.88. The van der Waals surface area contributed by atoms with Crippen molar-refractivity contribution in [2.75, 3.05) is 5.32 Å². The fourth-order valence-electron chi connectivity index (χ4n) is 1.96. The van der Waals surface area contributed by atoms with E-state index in [0.29, 0.717) is 6.04 Å². The molecule has 1 aromatic rings. The van der Waals surface area contributed by atoms with E-state index in [0.717, 1.165) is 5.02 Å². The van der Waals surface area contributed by atoms with E-state index < -0.39 is 0 Å². The van der Waals surface area contributed by atoms with Gasteiger partial charge in [0.05, 0.1) is 0 Å². The van der Waals surface area contributed by atoms with Crippen LogP contribution in [0.4, 0.5) is 5.69 Å². The predicted molar refractivity (Wildman–Crippen MR) is 73.4 cm³/mol. The van der Waals surface area contributed by atoms with Gasteiger partial charge in [0.2, 0.25) is 0 Å². The summed E-state index contributed by atoms with van der Waals surface area (Å²) in [5.41, 5.74) is 2.45. The molecule has 0 aliphatic carbocycles. The van der Waals surface area contributed by atoms with Crippen molar-refractivity contribution in [3.8, 4) is 0 Å². The number of hydrogen-bond donors (Lipinski definition) is 1. The van der Waals surface area contributed by atoms with Crippen molar-refractivity contribution in [3.05, 3.63) is 28.8 Å². The minimum atomic E-state index is 0.576. The summed E-state index contributed by atoms with van der Waals surface area (Å²) in [6, 6.07) is 6.61. The smallest absolute Gasteiger partial charge is 0.0426 e. The number of rotatable bonds is 6. The Morgan fingerprint density at radius 2 is 1.81 bits per heavy atom. The van der Waals surface area contributed by atoms with Gasteiger partial charge in [-0.3, -0.25) is 0 Å². The van der Waals surface area contributed by atoms with Crippen LogP contribution in [0, 0.1) is 6.92 Å². The van der Waals surface area contributed by atoms with E-state index in [-0.39, 0.29) is 0 Å². The highest BCUT2D eigenvalue weighted by molar-refractivity contribution is 6.30. The Morgan fingerprint density at radius 3 is 2.38 bits per heavy atom. The zero-order valence-corrected chi connectivity index (χ0v) is 11.3. The predicted octanol–water partition coefficient (Wildman–Crippen LogP) is 5.03. The lowest BCUT2D eigenvalue weighted by atomic mass is 10.1. The van der Waals surface area contributed by atoms with Crippen molar-refractivity contribution in [1.29, 1.82) is 0 Å². The summed E-state index contributed by atoms with van der Waals surface area (Å²) >= 11 is 6.01. The van der Waals surface area contributed by atoms with Crippen molar-refractivity contribution in [2.24, 2.45) is 0 Å². The summed E-state index contributed by atoms with van der Waals surface area (Å²) < 4.78 is 0. The molecule has 16 heavy (non-hydrogen) atoms. The zero-order valence-electron chi connectivity index (χ0n) is 10.5. The third-order valence-electron chi connectivity index (χ3n) is 2.83. The normalized spacial score (nSPS) is 10.8. The van der Waals surface area contributed by atoms with Gasteiger partial charge in [0, 0.05) is 16.8 Å². The molecule has 0 radical (unpaired) electrons. The molecule has 0 aliphatic rings. The highest BCUT2D eigenvalue weighted by Gasteiger charge is 2.08. The monoisotopic (exact) mass is 239 g/mol. The van der Waals surface area contributed by atoms with Crippen LogP contribution in [-0.4, -0.2) is 6.04 Å². The average molecular weight is 240 g/mol. The molecule has 0 saturated carbocycles. The second-order valence-electron chi connectivity index (χ2n) is 4.38. The molecule has 2 heteroatoms. The van der Waals surface area contributed by atoms with Crippen molar-refractivity contribution in [1.82, 2.24) is 0 Å². The third-order valence-corrected chi connectivity index (χ3v) is 3.07. The van der Waals surface area contributed by atoms with Crippen LogP contribution in [0.5, 0.6) is 0 Å². The maximum atomic E-state index is 6.01. The van der Waals surface area contributed by atoms with Crippen LogP contribution in [0.15, 0.2) is 18.2 Å². The second-order valence-corrected chi connectivity index (χ2v) is 4.81. The first-order chi connectivity index (χ1) is 7.67. The van der Waals surface area contributed by atoms with Crippen molar-refractivity contribution < 1.29 is 0 Å². The Balaban J connectivity index is 2.71. The fourth-order valence-corrected chi connectivity index (χ4v) is 2.13. The molecule has 0 amide bonds. The molecule has 0 spiro atoms. The van der Waals surface area contributed by atoms with Gasteiger partial charge in [0.25, 0.3) is 0 Å². The van der Waals surface area contributed by atoms with E-state index in [1.807, 2.05) is 12.1 Å². The van der Waals surface area contributed by atoms with E-state index in [1.165, 1.54) is 36.9 Å². The molecule has 0 fully saturated rings. The SMILES string of the molecule is CCCC(CCC)Nc1cc(Cl)ccc1C. The molecule has 1 aromatic carbocycles. The largest absolute Gasteiger partial charge is 0.382 e. The lowest BCUT2D eigenvalue weighted by Gasteiger charge is -2.20. The van der Waals surface area contributed by atoms with Gasteiger partial charge in [-0.25, -0.2) is 0 Å². The van der Waals surface area contributed by atoms with Crippen LogP contribution in [-0.2, 0) is 0 Å². The topological polar surface area (TPSA) is 12.0 Å². The Labute approximate surface area is 104 Å². The summed E-state index contributed by atoms with van der Waals surface area (Å²) in [7, 11) is 0. The molecule has 1 rings (SSSR count). The maximum Gasteiger partial charge on any atom is 0.0426 e. The molecule has 0 aromatic heterocycles. The molecular formula is C14H22ClN. The van der Waals surface area contributed by atoms with Gasteiger partial charge in [-0.15, -0.1) is 0 Å². The highest BCUT2D eigenvalue weighted by atomic mass is 35.5. The van der Waals surface area contributed by atoms with Gasteiger partial charge in [-0.2, -0.15) is 0 Å². The van der Waals surface area contributed by atoms with Gasteiger partial charge in [-0.1, -0.05) is 44.4 Å². The number of benzene rings is 1. The molecule has 0 aliphatic heterocycles. The molecule has 0 unspecified atom stereocenters. The fraction of sp³-hybridized carbons (Fsp3) is 0.571. The summed E-state index contributed by atoms with van der Waals surface area (Å²) in [6.45, 7) is 6.58. The molecule has 0 bridgehead atoms. The maximum absolute atomic E-state index is 6.01. The molecular weight excluding hydrogens is 218 g/mol. The van der Waals surface area contributed by atoms with Crippen LogP contribution < -0.4 is 5.32 Å². The Morgan fingerprint density at radius 1 is 1.19 bits per heavy atom. The highest BCUT2D eigenvalue weighted by Crippen LogP contribution is 2.22. The Hall–Kier alpha value is -0.690. The lowest BCUT2D eigenvalue weighted by Crippen LogP contribution is -2.19. The molecule has 1 N–H and O–H groups in total. The number of halogens is 1. The first-order valence-electron chi connectivity index (χ1n) is 6.20. The van der Waals surface area contributed by atoms with E-state index in [9.17, 15) is 0 Å². The van der Waals surface area contributed by atoms with E-state index in [2.05, 4.69) is 32.2 Å². The molecule has 0 atom stereocenters. The number of hydrogen-bond acceptors (Lipinski definition) is 1. The van der Waals surface area contributed by atoms with Crippen LogP contribution in [0.3, 0.4) is 0 Å². The molecule has 0 heterocycles. The standard InChI is InChI=1S/C14H22ClN/c1-4-6-13(7-5-2)16-14-10-12(15)9-8-11(14)3/h8-10,13,16H,4-7H2,1-3H3. The van der Waals surface area contributed by atoms with E-state index >= 15 is 0 Å². The zero-order chi connectivity index (χ0) is 12.0. The van der Waals surface area contributed by atoms with Crippen molar-refractivity contribution in [2.45, 2.75) is 52.5 Å². The lowest BCUT2D eigenvalue weighted by molar-refractivity contribution is 0.586. The van der Waals surface area contributed by atoms with E-state index in [1.54, 1.807) is 0 Å². The van der Waals surface area contributed by atoms with Gasteiger partial charge in [-0.05, 0) is 37.5 Å².